The number of carboxylic acid groups (broad SMARTS) is 1. The lowest BCUT2D eigenvalue weighted by molar-refractivity contribution is -0.138. The van der Waals surface area contributed by atoms with E-state index in [0.717, 1.165) is 25.7 Å². The van der Waals surface area contributed by atoms with E-state index in [9.17, 15) is 9.59 Å². The molecule has 0 aliphatic rings. The Hall–Kier alpha value is -1.58. The van der Waals surface area contributed by atoms with Crippen molar-refractivity contribution in [1.82, 2.24) is 0 Å². The minimum atomic E-state index is -0.842. The quantitative estimate of drug-likeness (QED) is 0.101. The average molecular weight is 453 g/mol. The molecule has 0 aromatic rings. The summed E-state index contributed by atoms with van der Waals surface area (Å²) in [4.78, 5) is 20.9. The summed E-state index contributed by atoms with van der Waals surface area (Å²) in [6.07, 6.45) is 25.3. The van der Waals surface area contributed by atoms with Gasteiger partial charge in [-0.05, 0) is 19.3 Å². The van der Waals surface area contributed by atoms with Gasteiger partial charge in [-0.3, -0.25) is 0 Å². The van der Waals surface area contributed by atoms with Gasteiger partial charge in [0.1, 0.15) is 0 Å². The summed E-state index contributed by atoms with van der Waals surface area (Å²) in [6.45, 7) is 11.7. The van der Waals surface area contributed by atoms with Crippen molar-refractivity contribution in [2.75, 3.05) is 6.61 Å². The van der Waals surface area contributed by atoms with Crippen molar-refractivity contribution in [2.45, 2.75) is 136 Å². The summed E-state index contributed by atoms with van der Waals surface area (Å²) in [5.41, 5.74) is 0.357. The van der Waals surface area contributed by atoms with Gasteiger partial charge in [-0.25, -0.2) is 9.59 Å². The molecule has 0 rings (SSSR count). The summed E-state index contributed by atoms with van der Waals surface area (Å²) >= 11 is 0. The summed E-state index contributed by atoms with van der Waals surface area (Å²) in [7, 11) is 0. The SMILES string of the molecule is C=C(CCCCCCCCCCCCCCCCCC)C(=O)O.C=CC(=O)OCCCC. The molecule has 0 aliphatic heterocycles. The fraction of sp³-hybridized carbons (Fsp3) is 0.786. The minimum Gasteiger partial charge on any atom is -0.478 e. The largest absolute Gasteiger partial charge is 0.478 e. The molecule has 0 saturated heterocycles. The number of ether oxygens (including phenoxy) is 1. The second-order valence-corrected chi connectivity index (χ2v) is 8.69. The smallest absolute Gasteiger partial charge is 0.330 e. The second kappa shape index (κ2) is 27.5. The van der Waals surface area contributed by atoms with Crippen molar-refractivity contribution in [2.24, 2.45) is 0 Å². The number of unbranched alkanes of at least 4 members (excludes halogenated alkanes) is 16. The van der Waals surface area contributed by atoms with Gasteiger partial charge in [0, 0.05) is 11.6 Å². The highest BCUT2D eigenvalue weighted by Crippen LogP contribution is 2.14. The van der Waals surface area contributed by atoms with Crippen LogP contribution in [0, 0.1) is 0 Å². The molecular formula is C28H52O4. The highest BCUT2D eigenvalue weighted by molar-refractivity contribution is 5.85. The summed E-state index contributed by atoms with van der Waals surface area (Å²) in [5, 5.41) is 8.71. The van der Waals surface area contributed by atoms with Crippen molar-refractivity contribution in [3.05, 3.63) is 24.8 Å². The van der Waals surface area contributed by atoms with Crippen LogP contribution in [0.15, 0.2) is 24.8 Å². The summed E-state index contributed by atoms with van der Waals surface area (Å²) < 4.78 is 4.67. The van der Waals surface area contributed by atoms with Gasteiger partial charge < -0.3 is 9.84 Å². The lowest BCUT2D eigenvalue weighted by Crippen LogP contribution is -2.00. The molecule has 0 fully saturated rings. The van der Waals surface area contributed by atoms with E-state index in [2.05, 4.69) is 24.8 Å². The normalized spacial score (nSPS) is 10.2. The topological polar surface area (TPSA) is 63.6 Å². The highest BCUT2D eigenvalue weighted by atomic mass is 16.5. The van der Waals surface area contributed by atoms with E-state index in [1.807, 2.05) is 6.92 Å². The molecule has 0 atom stereocenters. The van der Waals surface area contributed by atoms with E-state index < -0.39 is 5.97 Å². The zero-order valence-corrected chi connectivity index (χ0v) is 21.3. The van der Waals surface area contributed by atoms with E-state index in [-0.39, 0.29) is 5.97 Å². The Morgan fingerprint density at radius 3 is 1.41 bits per heavy atom. The van der Waals surface area contributed by atoms with E-state index >= 15 is 0 Å². The average Bonchev–Trinajstić information content (AvgIpc) is 2.79. The highest BCUT2D eigenvalue weighted by Gasteiger charge is 2.02. The second-order valence-electron chi connectivity index (χ2n) is 8.69. The van der Waals surface area contributed by atoms with Gasteiger partial charge in [-0.1, -0.05) is 130 Å². The minimum absolute atomic E-state index is 0.330. The number of esters is 1. The van der Waals surface area contributed by atoms with Crippen LogP contribution in [0.4, 0.5) is 0 Å². The van der Waals surface area contributed by atoms with Crippen molar-refractivity contribution >= 4 is 11.9 Å². The standard InChI is InChI=1S/C21H40O2.C7H12O2/c1-3-4-5-6-7-8-9-10-11-12-13-14-15-16-17-18-19-20(2)21(22)23;1-3-5-6-9-7(8)4-2/h2-19H2,1H3,(H,22,23);4H,2-3,5-6H2,1H3. The lowest BCUT2D eigenvalue weighted by atomic mass is 10.0. The van der Waals surface area contributed by atoms with Crippen molar-refractivity contribution in [1.29, 1.82) is 0 Å². The summed E-state index contributed by atoms with van der Waals surface area (Å²) in [6, 6.07) is 0. The van der Waals surface area contributed by atoms with Gasteiger partial charge in [0.15, 0.2) is 0 Å². The van der Waals surface area contributed by atoms with Gasteiger partial charge >= 0.3 is 11.9 Å². The molecule has 0 bridgehead atoms. The zero-order chi connectivity index (χ0) is 24.3. The third-order valence-corrected chi connectivity index (χ3v) is 5.54. The zero-order valence-electron chi connectivity index (χ0n) is 21.3. The molecule has 4 heteroatoms. The molecule has 0 unspecified atom stereocenters. The predicted octanol–water partition coefficient (Wildman–Crippen LogP) is 8.79. The molecule has 1 N–H and O–H groups in total. The molecule has 4 nitrogen and oxygen atoms in total. The molecule has 0 amide bonds. The first-order valence-corrected chi connectivity index (χ1v) is 13.2. The number of rotatable bonds is 22. The molecule has 0 radical (unpaired) electrons. The van der Waals surface area contributed by atoms with E-state index in [4.69, 9.17) is 5.11 Å². The van der Waals surface area contributed by atoms with Crippen LogP contribution in [0.25, 0.3) is 0 Å². The maximum atomic E-state index is 10.6. The van der Waals surface area contributed by atoms with Gasteiger partial charge in [0.25, 0.3) is 0 Å². The molecule has 0 aromatic carbocycles. The van der Waals surface area contributed by atoms with Crippen LogP contribution in [-0.4, -0.2) is 23.7 Å². The fourth-order valence-electron chi connectivity index (χ4n) is 3.37. The van der Waals surface area contributed by atoms with Gasteiger partial charge in [0.2, 0.25) is 0 Å². The third kappa shape index (κ3) is 28.4. The monoisotopic (exact) mass is 452 g/mol. The summed E-state index contributed by atoms with van der Waals surface area (Å²) in [5.74, 6) is -1.17. The molecule has 0 aromatic heterocycles. The van der Waals surface area contributed by atoms with Crippen LogP contribution in [0.2, 0.25) is 0 Å². The van der Waals surface area contributed by atoms with E-state index in [1.165, 1.54) is 96.0 Å². The first-order chi connectivity index (χ1) is 15.5. The Kier molecular flexibility index (Phi) is 28.0. The number of hydrogen-bond donors (Lipinski definition) is 1. The first kappa shape index (κ1) is 32.6. The molecule has 0 heterocycles. The Bertz CT molecular complexity index is 456. The van der Waals surface area contributed by atoms with Crippen LogP contribution in [0.3, 0.4) is 0 Å². The van der Waals surface area contributed by atoms with Crippen LogP contribution < -0.4 is 0 Å². The Balaban J connectivity index is 0. The van der Waals surface area contributed by atoms with Crippen LogP contribution in [-0.2, 0) is 14.3 Å². The van der Waals surface area contributed by atoms with Crippen LogP contribution in [0.5, 0.6) is 0 Å². The molecule has 0 spiro atoms. The van der Waals surface area contributed by atoms with Gasteiger partial charge in [0.05, 0.1) is 6.61 Å². The predicted molar refractivity (Wildman–Crippen MR) is 137 cm³/mol. The molecule has 0 saturated carbocycles. The van der Waals surface area contributed by atoms with Crippen molar-refractivity contribution in [3.63, 3.8) is 0 Å². The van der Waals surface area contributed by atoms with Crippen molar-refractivity contribution < 1.29 is 19.4 Å². The lowest BCUT2D eigenvalue weighted by Gasteiger charge is -2.04. The van der Waals surface area contributed by atoms with Gasteiger partial charge in [-0.2, -0.15) is 0 Å². The number of aliphatic carboxylic acids is 1. The van der Waals surface area contributed by atoms with Crippen LogP contribution >= 0.6 is 0 Å². The molecule has 0 aliphatic carbocycles. The van der Waals surface area contributed by atoms with Crippen LogP contribution in [0.1, 0.15) is 136 Å². The Labute approximate surface area is 198 Å². The third-order valence-electron chi connectivity index (χ3n) is 5.54. The number of carbonyl (C=O) groups is 2. The first-order valence-electron chi connectivity index (χ1n) is 13.2. The fourth-order valence-corrected chi connectivity index (χ4v) is 3.37. The maximum absolute atomic E-state index is 10.6. The number of hydrogen-bond acceptors (Lipinski definition) is 3. The molecule has 32 heavy (non-hydrogen) atoms. The Morgan fingerprint density at radius 1 is 0.688 bits per heavy atom. The van der Waals surface area contributed by atoms with Crippen molar-refractivity contribution in [3.8, 4) is 0 Å². The van der Waals surface area contributed by atoms with Gasteiger partial charge in [-0.15, -0.1) is 0 Å². The van der Waals surface area contributed by atoms with E-state index in [1.54, 1.807) is 0 Å². The number of carboxylic acids is 1. The number of carbonyl (C=O) groups excluding carboxylic acids is 1. The maximum Gasteiger partial charge on any atom is 0.330 e. The molecule has 188 valence electrons. The molecular weight excluding hydrogens is 400 g/mol. The Morgan fingerprint density at radius 2 is 1.06 bits per heavy atom. The van der Waals surface area contributed by atoms with E-state index in [0.29, 0.717) is 18.6 Å².